The Kier molecular flexibility index (Phi) is 3.42. The number of Topliss-reactive ketones (excluding diaryl/α,β-unsaturated/α-hetero) is 1. The maximum atomic E-state index is 11.5. The summed E-state index contributed by atoms with van der Waals surface area (Å²) in [6.45, 7) is 5.50. The van der Waals surface area contributed by atoms with E-state index in [1.54, 1.807) is 18.3 Å². The lowest BCUT2D eigenvalue weighted by molar-refractivity contribution is 0.101. The van der Waals surface area contributed by atoms with Gasteiger partial charge < -0.3 is 4.74 Å². The summed E-state index contributed by atoms with van der Waals surface area (Å²) in [6.07, 6.45) is 1.62. The van der Waals surface area contributed by atoms with Gasteiger partial charge in [-0.05, 0) is 44.5 Å². The number of hydrogen-bond donors (Lipinski definition) is 0. The first kappa shape index (κ1) is 12.3. The highest BCUT2D eigenvalue weighted by molar-refractivity contribution is 5.96. The van der Waals surface area contributed by atoms with Crippen LogP contribution in [0.2, 0.25) is 0 Å². The Balaban J connectivity index is 2.37. The third-order valence-corrected chi connectivity index (χ3v) is 2.69. The Morgan fingerprint density at radius 3 is 2.67 bits per heavy atom. The first-order valence-electron chi connectivity index (χ1n) is 5.79. The summed E-state index contributed by atoms with van der Waals surface area (Å²) in [5, 5.41) is 0. The summed E-state index contributed by atoms with van der Waals surface area (Å²) >= 11 is 0. The van der Waals surface area contributed by atoms with Gasteiger partial charge in [0.15, 0.2) is 5.78 Å². The third-order valence-electron chi connectivity index (χ3n) is 2.69. The molecule has 1 aromatic heterocycles. The molecule has 18 heavy (non-hydrogen) atoms. The molecule has 0 bridgehead atoms. The molecule has 0 unspecified atom stereocenters. The van der Waals surface area contributed by atoms with Crippen LogP contribution < -0.4 is 4.74 Å². The van der Waals surface area contributed by atoms with Crippen LogP contribution in [0.3, 0.4) is 0 Å². The Morgan fingerprint density at radius 1 is 1.22 bits per heavy atom. The van der Waals surface area contributed by atoms with Crippen LogP contribution in [0.15, 0.2) is 36.5 Å². The smallest absolute Gasteiger partial charge is 0.230 e. The van der Waals surface area contributed by atoms with E-state index in [4.69, 9.17) is 4.74 Å². The monoisotopic (exact) mass is 241 g/mol. The second-order valence-electron chi connectivity index (χ2n) is 4.28. The van der Waals surface area contributed by atoms with Crippen molar-refractivity contribution in [3.8, 4) is 11.6 Å². The predicted octanol–water partition coefficient (Wildman–Crippen LogP) is 3.69. The van der Waals surface area contributed by atoms with Crippen molar-refractivity contribution < 1.29 is 9.53 Å². The molecule has 1 heterocycles. The van der Waals surface area contributed by atoms with Crippen LogP contribution in [0, 0.1) is 13.8 Å². The van der Waals surface area contributed by atoms with Crippen LogP contribution in [0.1, 0.15) is 28.4 Å². The summed E-state index contributed by atoms with van der Waals surface area (Å²) in [5.41, 5.74) is 2.69. The topological polar surface area (TPSA) is 39.2 Å². The summed E-state index contributed by atoms with van der Waals surface area (Å²) in [4.78, 5) is 15.6. The number of pyridine rings is 1. The van der Waals surface area contributed by atoms with Crippen LogP contribution in [0.25, 0.3) is 0 Å². The molecule has 0 radical (unpaired) electrons. The van der Waals surface area contributed by atoms with Crippen LogP contribution in [-0.4, -0.2) is 10.8 Å². The fourth-order valence-corrected chi connectivity index (χ4v) is 1.76. The van der Waals surface area contributed by atoms with Crippen molar-refractivity contribution in [2.75, 3.05) is 0 Å². The fourth-order valence-electron chi connectivity index (χ4n) is 1.76. The predicted molar refractivity (Wildman–Crippen MR) is 70.2 cm³/mol. The van der Waals surface area contributed by atoms with Crippen molar-refractivity contribution in [1.82, 2.24) is 4.98 Å². The maximum Gasteiger partial charge on any atom is 0.230 e. The first-order valence-corrected chi connectivity index (χ1v) is 5.79. The number of aromatic nitrogens is 1. The number of carbonyl (C=O) groups is 1. The molecule has 0 saturated carbocycles. The number of rotatable bonds is 3. The van der Waals surface area contributed by atoms with Crippen LogP contribution in [-0.2, 0) is 0 Å². The lowest BCUT2D eigenvalue weighted by atomic mass is 10.1. The van der Waals surface area contributed by atoms with Gasteiger partial charge in [0.25, 0.3) is 0 Å². The largest absolute Gasteiger partial charge is 0.438 e. The van der Waals surface area contributed by atoms with Crippen molar-refractivity contribution in [2.24, 2.45) is 0 Å². The van der Waals surface area contributed by atoms with Crippen molar-refractivity contribution >= 4 is 5.78 Å². The maximum absolute atomic E-state index is 11.5. The number of nitrogens with zero attached hydrogens (tertiary/aromatic N) is 1. The van der Waals surface area contributed by atoms with E-state index >= 15 is 0 Å². The highest BCUT2D eigenvalue weighted by atomic mass is 16.5. The first-order chi connectivity index (χ1) is 8.58. The van der Waals surface area contributed by atoms with Gasteiger partial charge in [0.05, 0.1) is 5.56 Å². The zero-order valence-electron chi connectivity index (χ0n) is 10.7. The SMILES string of the molecule is CC(=O)c1cccnc1Oc1ccc(C)cc1C. The molecular weight excluding hydrogens is 226 g/mol. The molecule has 0 aliphatic heterocycles. The number of benzene rings is 1. The zero-order valence-corrected chi connectivity index (χ0v) is 10.7. The number of ketones is 1. The Labute approximate surface area is 106 Å². The molecule has 92 valence electrons. The lowest BCUT2D eigenvalue weighted by Crippen LogP contribution is -1.99. The molecule has 0 atom stereocenters. The molecular formula is C15H15NO2. The van der Waals surface area contributed by atoms with Gasteiger partial charge in [-0.2, -0.15) is 0 Å². The van der Waals surface area contributed by atoms with E-state index in [0.717, 1.165) is 11.3 Å². The van der Waals surface area contributed by atoms with E-state index in [1.165, 1.54) is 12.5 Å². The van der Waals surface area contributed by atoms with Gasteiger partial charge in [-0.1, -0.05) is 17.7 Å². The normalized spacial score (nSPS) is 10.2. The van der Waals surface area contributed by atoms with E-state index in [0.29, 0.717) is 11.4 Å². The van der Waals surface area contributed by atoms with E-state index in [-0.39, 0.29) is 5.78 Å². The Morgan fingerprint density at radius 2 is 2.00 bits per heavy atom. The van der Waals surface area contributed by atoms with Gasteiger partial charge in [-0.3, -0.25) is 4.79 Å². The molecule has 0 spiro atoms. The number of hydrogen-bond acceptors (Lipinski definition) is 3. The second-order valence-corrected chi connectivity index (χ2v) is 4.28. The van der Waals surface area contributed by atoms with Gasteiger partial charge in [-0.15, -0.1) is 0 Å². The fraction of sp³-hybridized carbons (Fsp3) is 0.200. The van der Waals surface area contributed by atoms with Crippen molar-refractivity contribution in [3.63, 3.8) is 0 Å². The zero-order chi connectivity index (χ0) is 13.1. The molecule has 0 amide bonds. The van der Waals surface area contributed by atoms with Crippen molar-refractivity contribution in [3.05, 3.63) is 53.2 Å². The van der Waals surface area contributed by atoms with Crippen molar-refractivity contribution in [1.29, 1.82) is 0 Å². The van der Waals surface area contributed by atoms with E-state index in [1.807, 2.05) is 32.0 Å². The molecule has 0 aliphatic carbocycles. The van der Waals surface area contributed by atoms with Gasteiger partial charge in [0.2, 0.25) is 5.88 Å². The van der Waals surface area contributed by atoms with E-state index in [2.05, 4.69) is 4.98 Å². The van der Waals surface area contributed by atoms with Gasteiger partial charge in [0, 0.05) is 6.20 Å². The minimum absolute atomic E-state index is 0.0529. The van der Waals surface area contributed by atoms with Crippen molar-refractivity contribution in [2.45, 2.75) is 20.8 Å². The lowest BCUT2D eigenvalue weighted by Gasteiger charge is -2.10. The Hall–Kier alpha value is -2.16. The van der Waals surface area contributed by atoms with Gasteiger partial charge in [0.1, 0.15) is 5.75 Å². The second kappa shape index (κ2) is 5.00. The minimum atomic E-state index is -0.0529. The molecule has 0 aliphatic rings. The highest BCUT2D eigenvalue weighted by Gasteiger charge is 2.11. The average Bonchev–Trinajstić information content (AvgIpc) is 2.33. The van der Waals surface area contributed by atoms with Gasteiger partial charge >= 0.3 is 0 Å². The molecule has 2 aromatic rings. The standard InChI is InChI=1S/C15H15NO2/c1-10-6-7-14(11(2)9-10)18-15-13(12(3)17)5-4-8-16-15/h4-9H,1-3H3. The summed E-state index contributed by atoms with van der Waals surface area (Å²) in [5.74, 6) is 1.03. The number of carbonyl (C=O) groups excluding carboxylic acids is 1. The molecule has 2 rings (SSSR count). The molecule has 0 N–H and O–H groups in total. The Bertz CT molecular complexity index is 591. The molecule has 3 heteroatoms. The van der Waals surface area contributed by atoms with E-state index < -0.39 is 0 Å². The number of ether oxygens (including phenoxy) is 1. The molecule has 1 aromatic carbocycles. The quantitative estimate of drug-likeness (QED) is 0.769. The summed E-state index contributed by atoms with van der Waals surface area (Å²) in [7, 11) is 0. The third kappa shape index (κ3) is 2.56. The molecule has 0 fully saturated rings. The summed E-state index contributed by atoms with van der Waals surface area (Å²) in [6, 6.07) is 9.34. The van der Waals surface area contributed by atoms with E-state index in [9.17, 15) is 4.79 Å². The summed E-state index contributed by atoms with van der Waals surface area (Å²) < 4.78 is 5.72. The highest BCUT2D eigenvalue weighted by Crippen LogP contribution is 2.26. The van der Waals surface area contributed by atoms with Gasteiger partial charge in [-0.25, -0.2) is 4.98 Å². The molecule has 3 nitrogen and oxygen atoms in total. The van der Waals surface area contributed by atoms with Crippen LogP contribution in [0.4, 0.5) is 0 Å². The van der Waals surface area contributed by atoms with Crippen LogP contribution in [0.5, 0.6) is 11.6 Å². The number of aryl methyl sites for hydroxylation is 2. The average molecular weight is 241 g/mol. The van der Waals surface area contributed by atoms with Crippen LogP contribution >= 0.6 is 0 Å². The minimum Gasteiger partial charge on any atom is -0.438 e. The molecule has 0 saturated heterocycles.